The Bertz CT molecular complexity index is 669. The summed E-state index contributed by atoms with van der Waals surface area (Å²) in [6, 6.07) is 5.76. The van der Waals surface area contributed by atoms with Crippen LogP contribution in [0.5, 0.6) is 0 Å². The van der Waals surface area contributed by atoms with Crippen molar-refractivity contribution in [2.75, 3.05) is 17.2 Å². The van der Waals surface area contributed by atoms with Gasteiger partial charge in [-0.2, -0.15) is 0 Å². The van der Waals surface area contributed by atoms with Crippen LogP contribution in [-0.4, -0.2) is 22.6 Å². The van der Waals surface area contributed by atoms with Gasteiger partial charge in [0.15, 0.2) is 0 Å². The summed E-state index contributed by atoms with van der Waals surface area (Å²) in [6.45, 7) is 2.15. The maximum absolute atomic E-state index is 11.9. The number of halogens is 1. The number of anilines is 2. The summed E-state index contributed by atoms with van der Waals surface area (Å²) in [7, 11) is 0. The molecule has 5 nitrogen and oxygen atoms in total. The number of nitrogens with zero attached hydrogens (tertiary/aromatic N) is 2. The maximum Gasteiger partial charge on any atom is 0.243 e. The zero-order valence-electron chi connectivity index (χ0n) is 11.5. The lowest BCUT2D eigenvalue weighted by Gasteiger charge is -2.08. The molecule has 1 aliphatic carbocycles. The van der Waals surface area contributed by atoms with E-state index in [0.717, 1.165) is 20.7 Å². The van der Waals surface area contributed by atoms with Crippen molar-refractivity contribution in [3.63, 3.8) is 0 Å². The average molecular weight is 367 g/mol. The molecule has 1 aromatic carbocycles. The van der Waals surface area contributed by atoms with E-state index in [1.165, 1.54) is 24.2 Å². The fourth-order valence-corrected chi connectivity index (χ4v) is 3.30. The third-order valence-electron chi connectivity index (χ3n) is 3.23. The van der Waals surface area contributed by atoms with Gasteiger partial charge in [-0.05, 0) is 43.5 Å². The summed E-state index contributed by atoms with van der Waals surface area (Å²) in [4.78, 5) is 11.9. The van der Waals surface area contributed by atoms with E-state index >= 15 is 0 Å². The summed E-state index contributed by atoms with van der Waals surface area (Å²) in [5.74, 6) is 0.501. The van der Waals surface area contributed by atoms with Gasteiger partial charge in [0.05, 0.1) is 6.54 Å². The highest BCUT2D eigenvalue weighted by atomic mass is 79.9. The lowest BCUT2D eigenvalue weighted by molar-refractivity contribution is -0.114. The number of benzene rings is 1. The molecule has 3 rings (SSSR count). The summed E-state index contributed by atoms with van der Waals surface area (Å²) in [5.41, 5.74) is 1.84. The monoisotopic (exact) mass is 366 g/mol. The molecule has 21 heavy (non-hydrogen) atoms. The van der Waals surface area contributed by atoms with Gasteiger partial charge in [-0.15, -0.1) is 10.2 Å². The highest BCUT2D eigenvalue weighted by Gasteiger charge is 2.27. The van der Waals surface area contributed by atoms with Crippen LogP contribution >= 0.6 is 27.3 Å². The van der Waals surface area contributed by atoms with E-state index in [-0.39, 0.29) is 12.5 Å². The lowest BCUT2D eigenvalue weighted by atomic mass is 10.2. The van der Waals surface area contributed by atoms with Crippen LogP contribution in [0.3, 0.4) is 0 Å². The molecular formula is C14H15BrN4OS. The van der Waals surface area contributed by atoms with Crippen molar-refractivity contribution in [2.24, 2.45) is 0 Å². The van der Waals surface area contributed by atoms with Crippen molar-refractivity contribution < 1.29 is 4.79 Å². The van der Waals surface area contributed by atoms with Crippen molar-refractivity contribution in [2.45, 2.75) is 25.7 Å². The Kier molecular flexibility index (Phi) is 4.21. The molecule has 1 heterocycles. The van der Waals surface area contributed by atoms with Crippen LogP contribution in [0.4, 0.5) is 10.8 Å². The Morgan fingerprint density at radius 1 is 1.43 bits per heavy atom. The highest BCUT2D eigenvalue weighted by Crippen LogP contribution is 2.41. The molecule has 0 spiro atoms. The third kappa shape index (κ3) is 3.79. The van der Waals surface area contributed by atoms with E-state index in [1.54, 1.807) is 0 Å². The summed E-state index contributed by atoms with van der Waals surface area (Å²) in [6.07, 6.45) is 2.41. The topological polar surface area (TPSA) is 66.9 Å². The number of rotatable bonds is 5. The molecule has 0 unspecified atom stereocenters. The maximum atomic E-state index is 11.9. The number of aryl methyl sites for hydroxylation is 1. The molecule has 0 saturated heterocycles. The molecule has 1 fully saturated rings. The number of nitrogens with one attached hydrogen (secondary N) is 2. The second-order valence-electron chi connectivity index (χ2n) is 5.08. The first-order valence-electron chi connectivity index (χ1n) is 6.75. The fourth-order valence-electron chi connectivity index (χ4n) is 1.92. The number of carbonyl (C=O) groups is 1. The van der Waals surface area contributed by atoms with Crippen LogP contribution in [0.25, 0.3) is 0 Å². The van der Waals surface area contributed by atoms with Crippen LogP contribution in [0.1, 0.15) is 29.3 Å². The lowest BCUT2D eigenvalue weighted by Crippen LogP contribution is -2.22. The molecule has 110 valence electrons. The number of amides is 1. The molecule has 1 aromatic heterocycles. The molecule has 2 N–H and O–H groups in total. The van der Waals surface area contributed by atoms with E-state index in [9.17, 15) is 4.79 Å². The predicted octanol–water partition coefficient (Wildman–Crippen LogP) is 3.54. The summed E-state index contributed by atoms with van der Waals surface area (Å²) < 4.78 is 0.998. The standard InChI is InChI=1S/C14H15BrN4OS/c1-8-6-10(15)4-5-11(8)17-12(20)7-16-14-19-18-13(21-14)9-2-3-9/h4-6,9H,2-3,7H2,1H3,(H,16,19)(H,17,20). The van der Waals surface area contributed by atoms with Gasteiger partial charge in [-0.3, -0.25) is 4.79 Å². The molecule has 0 aliphatic heterocycles. The minimum Gasteiger partial charge on any atom is -0.351 e. The van der Waals surface area contributed by atoms with E-state index in [4.69, 9.17) is 0 Å². The van der Waals surface area contributed by atoms with Gasteiger partial charge in [-0.1, -0.05) is 27.3 Å². The predicted molar refractivity (Wildman–Crippen MR) is 87.9 cm³/mol. The zero-order chi connectivity index (χ0) is 14.8. The van der Waals surface area contributed by atoms with Gasteiger partial charge in [-0.25, -0.2) is 0 Å². The molecule has 0 bridgehead atoms. The second kappa shape index (κ2) is 6.11. The largest absolute Gasteiger partial charge is 0.351 e. The number of aromatic nitrogens is 2. The molecule has 2 aromatic rings. The van der Waals surface area contributed by atoms with Crippen LogP contribution in [0.15, 0.2) is 22.7 Å². The smallest absolute Gasteiger partial charge is 0.243 e. The van der Waals surface area contributed by atoms with Crippen LogP contribution in [0, 0.1) is 6.92 Å². The summed E-state index contributed by atoms with van der Waals surface area (Å²) >= 11 is 4.94. The quantitative estimate of drug-likeness (QED) is 0.848. The molecule has 1 saturated carbocycles. The van der Waals surface area contributed by atoms with Crippen molar-refractivity contribution in [3.8, 4) is 0 Å². The molecule has 7 heteroatoms. The van der Waals surface area contributed by atoms with Gasteiger partial charge in [0.1, 0.15) is 5.01 Å². The Labute approximate surface area is 135 Å². The summed E-state index contributed by atoms with van der Waals surface area (Å²) in [5, 5.41) is 15.9. The van der Waals surface area contributed by atoms with Crippen molar-refractivity contribution in [1.29, 1.82) is 0 Å². The fraction of sp³-hybridized carbons (Fsp3) is 0.357. The van der Waals surface area contributed by atoms with Crippen molar-refractivity contribution >= 4 is 44.0 Å². The molecule has 1 aliphatic rings. The molecule has 0 radical (unpaired) electrons. The van der Waals surface area contributed by atoms with E-state index in [2.05, 4.69) is 36.8 Å². The first-order valence-corrected chi connectivity index (χ1v) is 8.36. The van der Waals surface area contributed by atoms with E-state index < -0.39 is 0 Å². The number of carbonyl (C=O) groups excluding carboxylic acids is 1. The average Bonchev–Trinajstić information content (AvgIpc) is 3.19. The normalized spacial score (nSPS) is 14.0. The Morgan fingerprint density at radius 2 is 2.24 bits per heavy atom. The molecule has 0 atom stereocenters. The highest BCUT2D eigenvalue weighted by molar-refractivity contribution is 9.10. The van der Waals surface area contributed by atoms with Gasteiger partial charge in [0, 0.05) is 16.1 Å². The van der Waals surface area contributed by atoms with Gasteiger partial charge in [0.2, 0.25) is 11.0 Å². The third-order valence-corrected chi connectivity index (χ3v) is 4.77. The van der Waals surface area contributed by atoms with Gasteiger partial charge < -0.3 is 10.6 Å². The van der Waals surface area contributed by atoms with Crippen molar-refractivity contribution in [1.82, 2.24) is 10.2 Å². The minimum atomic E-state index is -0.0939. The minimum absolute atomic E-state index is 0.0939. The number of hydrogen-bond acceptors (Lipinski definition) is 5. The Balaban J connectivity index is 1.53. The molecular weight excluding hydrogens is 352 g/mol. The first kappa shape index (κ1) is 14.5. The first-order chi connectivity index (χ1) is 10.1. The van der Waals surface area contributed by atoms with Crippen molar-refractivity contribution in [3.05, 3.63) is 33.2 Å². The van der Waals surface area contributed by atoms with E-state index in [1.807, 2.05) is 25.1 Å². The Hall–Kier alpha value is -1.47. The number of hydrogen-bond donors (Lipinski definition) is 2. The van der Waals surface area contributed by atoms with Gasteiger partial charge >= 0.3 is 0 Å². The molecule has 1 amide bonds. The second-order valence-corrected chi connectivity index (χ2v) is 7.01. The van der Waals surface area contributed by atoms with Gasteiger partial charge in [0.25, 0.3) is 0 Å². The van der Waals surface area contributed by atoms with Crippen LogP contribution in [-0.2, 0) is 4.79 Å². The van der Waals surface area contributed by atoms with E-state index in [0.29, 0.717) is 11.0 Å². The van der Waals surface area contributed by atoms with Crippen LogP contribution < -0.4 is 10.6 Å². The Morgan fingerprint density at radius 3 is 2.95 bits per heavy atom. The zero-order valence-corrected chi connectivity index (χ0v) is 13.9. The van der Waals surface area contributed by atoms with Crippen LogP contribution in [0.2, 0.25) is 0 Å². The SMILES string of the molecule is Cc1cc(Br)ccc1NC(=O)CNc1nnc(C2CC2)s1.